The molecule has 1 aromatic carbocycles. The van der Waals surface area contributed by atoms with Crippen LogP contribution in [-0.2, 0) is 4.74 Å². The highest BCUT2D eigenvalue weighted by Crippen LogP contribution is 2.20. The summed E-state index contributed by atoms with van der Waals surface area (Å²) in [7, 11) is 0. The van der Waals surface area contributed by atoms with E-state index in [1.165, 1.54) is 0 Å². The van der Waals surface area contributed by atoms with Crippen LogP contribution in [-0.4, -0.2) is 49.1 Å². The van der Waals surface area contributed by atoms with Gasteiger partial charge < -0.3 is 9.47 Å². The number of Topliss-reactive ketones (excluding diaryl/α,β-unsaturated/α-hetero) is 1. The summed E-state index contributed by atoms with van der Waals surface area (Å²) in [6, 6.07) is 7.51. The lowest BCUT2D eigenvalue weighted by Crippen LogP contribution is -2.45. The van der Waals surface area contributed by atoms with E-state index in [0.29, 0.717) is 36.5 Å². The quantitative estimate of drug-likeness (QED) is 0.573. The van der Waals surface area contributed by atoms with E-state index in [2.05, 4.69) is 18.7 Å². The second-order valence-corrected chi connectivity index (χ2v) is 5.99. The molecular formula is C18H27NO3. The number of carbonyl (C=O) groups is 1. The van der Waals surface area contributed by atoms with Gasteiger partial charge in [0.2, 0.25) is 0 Å². The summed E-state index contributed by atoms with van der Waals surface area (Å²) < 4.78 is 11.6. The highest BCUT2D eigenvalue weighted by atomic mass is 16.5. The van der Waals surface area contributed by atoms with Gasteiger partial charge in [-0.05, 0) is 32.4 Å². The van der Waals surface area contributed by atoms with Gasteiger partial charge in [0.05, 0.1) is 24.4 Å². The normalized spacial score (nSPS) is 22.5. The topological polar surface area (TPSA) is 38.8 Å². The highest BCUT2D eigenvalue weighted by Gasteiger charge is 2.21. The van der Waals surface area contributed by atoms with Gasteiger partial charge in [-0.25, -0.2) is 0 Å². The molecule has 1 aliphatic heterocycles. The molecule has 4 nitrogen and oxygen atoms in total. The van der Waals surface area contributed by atoms with Crippen LogP contribution in [0.3, 0.4) is 0 Å². The maximum absolute atomic E-state index is 11.9. The van der Waals surface area contributed by atoms with Gasteiger partial charge in [0.25, 0.3) is 0 Å². The molecule has 0 radical (unpaired) electrons. The molecule has 22 heavy (non-hydrogen) atoms. The van der Waals surface area contributed by atoms with E-state index in [0.717, 1.165) is 26.1 Å². The van der Waals surface area contributed by atoms with Crippen LogP contribution >= 0.6 is 0 Å². The molecule has 1 saturated heterocycles. The van der Waals surface area contributed by atoms with Crippen molar-refractivity contribution in [2.24, 2.45) is 0 Å². The van der Waals surface area contributed by atoms with Crippen molar-refractivity contribution in [3.8, 4) is 5.75 Å². The first kappa shape index (κ1) is 17.0. The van der Waals surface area contributed by atoms with Crippen molar-refractivity contribution in [3.63, 3.8) is 0 Å². The predicted octanol–water partition coefficient (Wildman–Crippen LogP) is 3.16. The first-order valence-electron chi connectivity index (χ1n) is 8.23. The Morgan fingerprint density at radius 2 is 1.95 bits per heavy atom. The molecular weight excluding hydrogens is 278 g/mol. The van der Waals surface area contributed by atoms with Crippen LogP contribution in [0.5, 0.6) is 5.75 Å². The second kappa shape index (κ2) is 8.30. The third-order valence-electron chi connectivity index (χ3n) is 3.88. The number of ketones is 1. The Kier molecular flexibility index (Phi) is 6.40. The number of rotatable bonds is 7. The van der Waals surface area contributed by atoms with Crippen LogP contribution in [0.2, 0.25) is 0 Å². The van der Waals surface area contributed by atoms with Crippen molar-refractivity contribution in [2.45, 2.75) is 45.8 Å². The molecule has 0 aromatic heterocycles. The molecule has 0 unspecified atom stereocenters. The molecule has 0 spiro atoms. The van der Waals surface area contributed by atoms with Crippen molar-refractivity contribution in [3.05, 3.63) is 29.8 Å². The first-order valence-corrected chi connectivity index (χ1v) is 8.23. The Labute approximate surface area is 133 Å². The number of carbonyl (C=O) groups excluding carboxylic acids is 1. The average molecular weight is 305 g/mol. The van der Waals surface area contributed by atoms with Crippen LogP contribution in [0.4, 0.5) is 0 Å². The Morgan fingerprint density at radius 3 is 2.64 bits per heavy atom. The van der Waals surface area contributed by atoms with Gasteiger partial charge in [0.1, 0.15) is 5.75 Å². The van der Waals surface area contributed by atoms with E-state index in [1.54, 1.807) is 0 Å². The summed E-state index contributed by atoms with van der Waals surface area (Å²) in [6.07, 6.45) is 2.05. The van der Waals surface area contributed by atoms with Crippen LogP contribution in [0, 0.1) is 0 Å². The monoisotopic (exact) mass is 305 g/mol. The molecule has 0 saturated carbocycles. The fraction of sp³-hybridized carbons (Fsp3) is 0.611. The van der Waals surface area contributed by atoms with Crippen LogP contribution in [0.15, 0.2) is 24.3 Å². The highest BCUT2D eigenvalue weighted by molar-refractivity contribution is 5.98. The summed E-state index contributed by atoms with van der Waals surface area (Å²) in [6.45, 7) is 9.71. The van der Waals surface area contributed by atoms with Gasteiger partial charge in [-0.1, -0.05) is 19.1 Å². The lowest BCUT2D eigenvalue weighted by molar-refractivity contribution is -0.0686. The van der Waals surface area contributed by atoms with E-state index in [4.69, 9.17) is 9.47 Å². The molecule has 0 bridgehead atoms. The molecule has 0 aliphatic carbocycles. The molecule has 2 atom stereocenters. The van der Waals surface area contributed by atoms with E-state index < -0.39 is 0 Å². The predicted molar refractivity (Wildman–Crippen MR) is 87.6 cm³/mol. The van der Waals surface area contributed by atoms with Crippen LogP contribution in [0.25, 0.3) is 0 Å². The molecule has 4 heteroatoms. The van der Waals surface area contributed by atoms with Crippen molar-refractivity contribution in [1.82, 2.24) is 4.90 Å². The van der Waals surface area contributed by atoms with Gasteiger partial charge in [-0.3, -0.25) is 9.69 Å². The largest absolute Gasteiger partial charge is 0.493 e. The Balaban J connectivity index is 1.78. The zero-order chi connectivity index (χ0) is 15.9. The van der Waals surface area contributed by atoms with Crippen molar-refractivity contribution >= 4 is 5.78 Å². The van der Waals surface area contributed by atoms with Gasteiger partial charge in [0.15, 0.2) is 5.78 Å². The third-order valence-corrected chi connectivity index (χ3v) is 3.88. The van der Waals surface area contributed by atoms with E-state index in [-0.39, 0.29) is 5.78 Å². The number of hydrogen-bond donors (Lipinski definition) is 0. The minimum atomic E-state index is 0.131. The average Bonchev–Trinajstić information content (AvgIpc) is 2.50. The number of morpholine rings is 1. The number of nitrogens with zero attached hydrogens (tertiary/aromatic N) is 1. The minimum absolute atomic E-state index is 0.131. The Bertz CT molecular complexity index is 479. The molecule has 1 fully saturated rings. The van der Waals surface area contributed by atoms with Crippen molar-refractivity contribution < 1.29 is 14.3 Å². The molecule has 0 N–H and O–H groups in total. The van der Waals surface area contributed by atoms with E-state index >= 15 is 0 Å². The summed E-state index contributed by atoms with van der Waals surface area (Å²) in [4.78, 5) is 14.3. The van der Waals surface area contributed by atoms with Gasteiger partial charge in [-0.2, -0.15) is 0 Å². The van der Waals surface area contributed by atoms with Gasteiger partial charge >= 0.3 is 0 Å². The van der Waals surface area contributed by atoms with Crippen LogP contribution in [0.1, 0.15) is 44.0 Å². The fourth-order valence-electron chi connectivity index (χ4n) is 2.95. The second-order valence-electron chi connectivity index (χ2n) is 5.99. The Hall–Kier alpha value is -1.39. The molecule has 1 heterocycles. The SMILES string of the molecule is CCC(=O)c1ccccc1OCCCN1C[C@@H](C)O[C@@H](C)C1. The lowest BCUT2D eigenvalue weighted by atomic mass is 10.1. The van der Waals surface area contributed by atoms with Gasteiger partial charge in [0, 0.05) is 26.1 Å². The number of para-hydroxylation sites is 1. The molecule has 0 amide bonds. The summed E-state index contributed by atoms with van der Waals surface area (Å²) >= 11 is 0. The maximum atomic E-state index is 11.9. The summed E-state index contributed by atoms with van der Waals surface area (Å²) in [5.74, 6) is 0.837. The van der Waals surface area contributed by atoms with Gasteiger partial charge in [-0.15, -0.1) is 0 Å². The zero-order valence-electron chi connectivity index (χ0n) is 13.9. The fourth-order valence-corrected chi connectivity index (χ4v) is 2.95. The molecule has 2 rings (SSSR count). The summed E-state index contributed by atoms with van der Waals surface area (Å²) in [5.41, 5.74) is 0.693. The van der Waals surface area contributed by atoms with Crippen LogP contribution < -0.4 is 4.74 Å². The lowest BCUT2D eigenvalue weighted by Gasteiger charge is -2.35. The van der Waals surface area contributed by atoms with Crippen molar-refractivity contribution in [1.29, 1.82) is 0 Å². The Morgan fingerprint density at radius 1 is 1.27 bits per heavy atom. The standard InChI is InChI=1S/C18H27NO3/c1-4-17(20)16-8-5-6-9-18(16)21-11-7-10-19-12-14(2)22-15(3)13-19/h5-6,8-9,14-15H,4,7,10-13H2,1-3H3/t14-,15+. The summed E-state index contributed by atoms with van der Waals surface area (Å²) in [5, 5.41) is 0. The van der Waals surface area contributed by atoms with Crippen molar-refractivity contribution in [2.75, 3.05) is 26.2 Å². The third kappa shape index (κ3) is 4.82. The molecule has 1 aliphatic rings. The maximum Gasteiger partial charge on any atom is 0.166 e. The first-order chi connectivity index (χ1) is 10.6. The van der Waals surface area contributed by atoms with E-state index in [1.807, 2.05) is 31.2 Å². The zero-order valence-corrected chi connectivity index (χ0v) is 13.9. The molecule has 1 aromatic rings. The number of hydrogen-bond acceptors (Lipinski definition) is 4. The van der Waals surface area contributed by atoms with E-state index in [9.17, 15) is 4.79 Å². The smallest absolute Gasteiger partial charge is 0.166 e. The minimum Gasteiger partial charge on any atom is -0.493 e. The molecule has 122 valence electrons. The number of ether oxygens (including phenoxy) is 2. The number of benzene rings is 1.